The fourth-order valence-corrected chi connectivity index (χ4v) is 0.434. The molecule has 0 saturated heterocycles. The highest BCUT2D eigenvalue weighted by molar-refractivity contribution is 6.32. The number of carbonyl (C=O) groups excluding carboxylic acids is 1. The molecule has 0 saturated carbocycles. The molecule has 0 aromatic rings. The zero-order valence-electron chi connectivity index (χ0n) is 7.55. The SMILES string of the molecule is CC(C)=CCOC(=O)C(C)=[N+]=N. The maximum absolute atomic E-state index is 10.9. The number of nitrogens with one attached hydrogen (secondary N) is 1. The van der Waals surface area contributed by atoms with Crippen molar-refractivity contribution in [2.45, 2.75) is 20.8 Å². The van der Waals surface area contributed by atoms with Crippen molar-refractivity contribution < 1.29 is 14.3 Å². The summed E-state index contributed by atoms with van der Waals surface area (Å²) in [5.41, 5.74) is 7.68. The van der Waals surface area contributed by atoms with Crippen molar-refractivity contribution in [2.75, 3.05) is 6.61 Å². The Morgan fingerprint density at radius 1 is 1.50 bits per heavy atom. The molecule has 0 aromatic heterocycles. The first-order chi connectivity index (χ1) is 5.57. The normalized spacial score (nSPS) is 8.25. The van der Waals surface area contributed by atoms with Crippen LogP contribution in [0.3, 0.4) is 0 Å². The van der Waals surface area contributed by atoms with E-state index in [1.54, 1.807) is 6.08 Å². The molecule has 0 fully saturated rings. The summed E-state index contributed by atoms with van der Waals surface area (Å²) in [5, 5.41) is 0. The van der Waals surface area contributed by atoms with Crippen LogP contribution in [0.1, 0.15) is 20.8 Å². The summed E-state index contributed by atoms with van der Waals surface area (Å²) in [5.74, 6) is -0.539. The first-order valence-corrected chi connectivity index (χ1v) is 3.59. The zero-order chi connectivity index (χ0) is 9.56. The van der Waals surface area contributed by atoms with Gasteiger partial charge in [-0.05, 0) is 19.9 Å². The van der Waals surface area contributed by atoms with Gasteiger partial charge in [0.2, 0.25) is 0 Å². The van der Waals surface area contributed by atoms with Crippen molar-refractivity contribution >= 4 is 11.7 Å². The van der Waals surface area contributed by atoms with Crippen LogP contribution in [0.4, 0.5) is 0 Å². The molecular weight excluding hydrogens is 156 g/mol. The second kappa shape index (κ2) is 5.27. The van der Waals surface area contributed by atoms with Gasteiger partial charge < -0.3 is 4.74 Å². The number of esters is 1. The number of nitrogens with zero attached hydrogens (tertiary/aromatic N) is 1. The molecule has 0 rings (SSSR count). The van der Waals surface area contributed by atoms with Gasteiger partial charge >= 0.3 is 11.7 Å². The lowest BCUT2D eigenvalue weighted by atomic mass is 10.3. The van der Waals surface area contributed by atoms with Crippen molar-refractivity contribution in [1.29, 1.82) is 5.53 Å². The van der Waals surface area contributed by atoms with Gasteiger partial charge in [0, 0.05) is 0 Å². The van der Waals surface area contributed by atoms with Crippen molar-refractivity contribution in [3.63, 3.8) is 0 Å². The number of hydrogen-bond donors (Lipinski definition) is 1. The topological polar surface area (TPSA) is 64.2 Å². The van der Waals surface area contributed by atoms with E-state index >= 15 is 0 Å². The Hall–Kier alpha value is -1.41. The summed E-state index contributed by atoms with van der Waals surface area (Å²) < 4.78 is 4.74. The third kappa shape index (κ3) is 4.41. The Labute approximate surface area is 71.5 Å². The summed E-state index contributed by atoms with van der Waals surface area (Å²) >= 11 is 0. The predicted molar refractivity (Wildman–Crippen MR) is 44.1 cm³/mol. The second-order valence-electron chi connectivity index (χ2n) is 2.58. The minimum atomic E-state index is -0.539. The van der Waals surface area contributed by atoms with E-state index in [9.17, 15) is 4.79 Å². The van der Waals surface area contributed by atoms with Crippen LogP contribution in [-0.2, 0) is 9.53 Å². The maximum Gasteiger partial charge on any atom is 0.421 e. The van der Waals surface area contributed by atoms with E-state index in [0.717, 1.165) is 5.57 Å². The molecule has 0 aliphatic rings. The standard InChI is InChI=1S/C8H13N2O2/c1-6(2)4-5-12-8(11)7(3)10-9/h4,9H,5H2,1-3H3/q+1. The van der Waals surface area contributed by atoms with Crippen LogP contribution in [0.5, 0.6) is 0 Å². The van der Waals surface area contributed by atoms with Gasteiger partial charge in [0.1, 0.15) is 6.61 Å². The van der Waals surface area contributed by atoms with Crippen molar-refractivity contribution in [1.82, 2.24) is 0 Å². The van der Waals surface area contributed by atoms with Gasteiger partial charge in [-0.2, -0.15) is 0 Å². The van der Waals surface area contributed by atoms with Gasteiger partial charge in [-0.25, -0.2) is 4.79 Å². The van der Waals surface area contributed by atoms with Crippen LogP contribution in [0, 0.1) is 5.53 Å². The molecule has 4 nitrogen and oxygen atoms in total. The summed E-state index contributed by atoms with van der Waals surface area (Å²) in [6.07, 6.45) is 1.79. The van der Waals surface area contributed by atoms with Gasteiger partial charge in [-0.1, -0.05) is 5.57 Å². The summed E-state index contributed by atoms with van der Waals surface area (Å²) in [7, 11) is 0. The van der Waals surface area contributed by atoms with Gasteiger partial charge in [-0.3, -0.25) is 0 Å². The Balaban J connectivity index is 3.89. The zero-order valence-corrected chi connectivity index (χ0v) is 7.55. The first-order valence-electron chi connectivity index (χ1n) is 3.59. The van der Waals surface area contributed by atoms with E-state index < -0.39 is 5.97 Å². The second-order valence-corrected chi connectivity index (χ2v) is 2.58. The van der Waals surface area contributed by atoms with Crippen LogP contribution < -0.4 is 0 Å². The van der Waals surface area contributed by atoms with Crippen LogP contribution in [-0.4, -0.2) is 23.1 Å². The number of allylic oxidation sites excluding steroid dienone is 1. The molecule has 0 unspecified atom stereocenters. The third-order valence-electron chi connectivity index (χ3n) is 1.17. The summed E-state index contributed by atoms with van der Waals surface area (Å²) in [6, 6.07) is 0. The molecule has 0 bridgehead atoms. The Kier molecular flexibility index (Phi) is 4.65. The fraction of sp³-hybridized carbons (Fsp3) is 0.500. The van der Waals surface area contributed by atoms with Crippen LogP contribution in [0.25, 0.3) is 0 Å². The van der Waals surface area contributed by atoms with Crippen molar-refractivity contribution in [2.24, 2.45) is 0 Å². The van der Waals surface area contributed by atoms with E-state index in [4.69, 9.17) is 10.3 Å². The van der Waals surface area contributed by atoms with Gasteiger partial charge in [0.15, 0.2) is 0 Å². The van der Waals surface area contributed by atoms with Crippen LogP contribution in [0.2, 0.25) is 0 Å². The summed E-state index contributed by atoms with van der Waals surface area (Å²) in [4.78, 5) is 13.8. The van der Waals surface area contributed by atoms with Crippen LogP contribution in [0.15, 0.2) is 11.6 Å². The molecule has 0 amide bonds. The minimum absolute atomic E-state index is 0.0668. The molecule has 0 heterocycles. The molecule has 0 spiro atoms. The average Bonchev–Trinajstić information content (AvgIpc) is 2.02. The highest BCUT2D eigenvalue weighted by Gasteiger charge is 2.16. The average molecular weight is 169 g/mol. The van der Waals surface area contributed by atoms with E-state index in [-0.39, 0.29) is 12.3 Å². The lowest BCUT2D eigenvalue weighted by molar-refractivity contribution is -0.152. The van der Waals surface area contributed by atoms with Crippen LogP contribution >= 0.6 is 0 Å². The molecule has 0 aliphatic carbocycles. The predicted octanol–water partition coefficient (Wildman–Crippen LogP) is 1.20. The molecule has 1 N–H and O–H groups in total. The molecule has 0 radical (unpaired) electrons. The van der Waals surface area contributed by atoms with E-state index in [1.165, 1.54) is 6.92 Å². The molecule has 4 heteroatoms. The minimum Gasteiger partial charge on any atom is -0.453 e. The molecule has 0 atom stereocenters. The fourth-order valence-electron chi connectivity index (χ4n) is 0.434. The maximum atomic E-state index is 10.9. The summed E-state index contributed by atoms with van der Waals surface area (Å²) in [6.45, 7) is 5.52. The molecule has 12 heavy (non-hydrogen) atoms. The highest BCUT2D eigenvalue weighted by atomic mass is 16.5. The third-order valence-corrected chi connectivity index (χ3v) is 1.17. The van der Waals surface area contributed by atoms with E-state index in [2.05, 4.69) is 4.79 Å². The smallest absolute Gasteiger partial charge is 0.421 e. The van der Waals surface area contributed by atoms with E-state index in [1.807, 2.05) is 13.8 Å². The molecule has 0 aromatic carbocycles. The Morgan fingerprint density at radius 2 is 2.08 bits per heavy atom. The Morgan fingerprint density at radius 3 is 2.50 bits per heavy atom. The van der Waals surface area contributed by atoms with Gasteiger partial charge in [0.05, 0.1) is 17.2 Å². The van der Waals surface area contributed by atoms with Crippen molar-refractivity contribution in [3.05, 3.63) is 11.6 Å². The quantitative estimate of drug-likeness (QED) is 0.227. The van der Waals surface area contributed by atoms with Crippen molar-refractivity contribution in [3.8, 4) is 0 Å². The monoisotopic (exact) mass is 169 g/mol. The number of carbonyl (C=O) groups is 1. The first kappa shape index (κ1) is 10.6. The van der Waals surface area contributed by atoms with Gasteiger partial charge in [-0.15, -0.1) is 0 Å². The largest absolute Gasteiger partial charge is 0.453 e. The number of rotatable bonds is 3. The molecule has 66 valence electrons. The highest BCUT2D eigenvalue weighted by Crippen LogP contribution is 1.89. The molecule has 0 aliphatic heterocycles. The van der Waals surface area contributed by atoms with E-state index in [0.29, 0.717) is 0 Å². The van der Waals surface area contributed by atoms with Gasteiger partial charge in [0.25, 0.3) is 0 Å². The Bertz CT molecular complexity index is 246. The number of ether oxygens (including phenoxy) is 1. The lowest BCUT2D eigenvalue weighted by Gasteiger charge is -1.94. The lowest BCUT2D eigenvalue weighted by Crippen LogP contribution is -2.15. The molecular formula is C8H13N2O2+. The number of hydrogen-bond acceptors (Lipinski definition) is 3.